The van der Waals surface area contributed by atoms with Gasteiger partial charge in [-0.3, -0.25) is 9.69 Å². The number of nitrogens with zero attached hydrogens (tertiary/aromatic N) is 1. The molecule has 0 radical (unpaired) electrons. The molecule has 0 aromatic heterocycles. The number of amides is 1. The van der Waals surface area contributed by atoms with Gasteiger partial charge in [-0.2, -0.15) is 0 Å². The molecule has 5 heteroatoms. The Morgan fingerprint density at radius 2 is 1.86 bits per heavy atom. The number of rotatable bonds is 8. The molecule has 0 spiro atoms. The summed E-state index contributed by atoms with van der Waals surface area (Å²) in [6, 6.07) is 14.6. The molecule has 2 unspecified atom stereocenters. The van der Waals surface area contributed by atoms with Gasteiger partial charge >= 0.3 is 0 Å². The fourth-order valence-electron chi connectivity index (χ4n) is 3.97. The van der Waals surface area contributed by atoms with Crippen LogP contribution in [-0.4, -0.2) is 37.6 Å². The quantitative estimate of drug-likeness (QED) is 0.719. The van der Waals surface area contributed by atoms with E-state index in [1.165, 1.54) is 31.4 Å². The summed E-state index contributed by atoms with van der Waals surface area (Å²) in [6.07, 6.45) is 4.24. The Morgan fingerprint density at radius 3 is 2.55 bits per heavy atom. The highest BCUT2D eigenvalue weighted by atomic mass is 19.1. The van der Waals surface area contributed by atoms with E-state index in [-0.39, 0.29) is 23.7 Å². The second kappa shape index (κ2) is 10.4. The molecule has 0 aliphatic carbocycles. The molecule has 2 aromatic carbocycles. The van der Waals surface area contributed by atoms with Crippen molar-refractivity contribution in [2.75, 3.05) is 26.7 Å². The van der Waals surface area contributed by atoms with Gasteiger partial charge < -0.3 is 10.1 Å². The first-order valence-electron chi connectivity index (χ1n) is 10.5. The Labute approximate surface area is 173 Å². The first kappa shape index (κ1) is 21.3. The standard InChI is InChI=1S/C24H31FN2O2/c1-18(15-19-9-11-21(25)12-10-19)24(28)26-17-23(27-13-4-3-5-14-27)20-7-6-8-22(16-20)29-2/h6-12,16,18,23H,3-5,13-15,17H2,1-2H3,(H,26,28). The maximum Gasteiger partial charge on any atom is 0.223 e. The van der Waals surface area contributed by atoms with Crippen LogP contribution in [0.5, 0.6) is 5.75 Å². The second-order valence-corrected chi connectivity index (χ2v) is 7.87. The van der Waals surface area contributed by atoms with Gasteiger partial charge in [0.15, 0.2) is 0 Å². The van der Waals surface area contributed by atoms with Crippen LogP contribution in [0.3, 0.4) is 0 Å². The van der Waals surface area contributed by atoms with E-state index in [4.69, 9.17) is 4.74 Å². The monoisotopic (exact) mass is 398 g/mol. The van der Waals surface area contributed by atoms with Crippen LogP contribution in [-0.2, 0) is 11.2 Å². The van der Waals surface area contributed by atoms with Gasteiger partial charge in [0, 0.05) is 12.5 Å². The van der Waals surface area contributed by atoms with E-state index in [0.29, 0.717) is 13.0 Å². The van der Waals surface area contributed by atoms with Gasteiger partial charge in [-0.05, 0) is 67.7 Å². The van der Waals surface area contributed by atoms with Crippen molar-refractivity contribution in [2.24, 2.45) is 5.92 Å². The minimum Gasteiger partial charge on any atom is -0.497 e. The largest absolute Gasteiger partial charge is 0.497 e. The number of halogens is 1. The molecule has 1 aliphatic heterocycles. The second-order valence-electron chi connectivity index (χ2n) is 7.87. The summed E-state index contributed by atoms with van der Waals surface area (Å²) in [5, 5.41) is 3.15. The van der Waals surface area contributed by atoms with E-state index in [0.717, 1.165) is 30.0 Å². The van der Waals surface area contributed by atoms with Crippen molar-refractivity contribution in [3.8, 4) is 5.75 Å². The van der Waals surface area contributed by atoms with Crippen LogP contribution < -0.4 is 10.1 Å². The lowest BCUT2D eigenvalue weighted by Gasteiger charge is -2.35. The number of piperidine rings is 1. The molecule has 29 heavy (non-hydrogen) atoms. The predicted octanol–water partition coefficient (Wildman–Crippen LogP) is 4.36. The summed E-state index contributed by atoms with van der Waals surface area (Å²) in [4.78, 5) is 15.2. The number of hydrogen-bond donors (Lipinski definition) is 1. The third-order valence-electron chi connectivity index (χ3n) is 5.68. The van der Waals surface area contributed by atoms with Crippen LogP contribution >= 0.6 is 0 Å². The molecule has 1 N–H and O–H groups in total. The van der Waals surface area contributed by atoms with Gasteiger partial charge in [-0.15, -0.1) is 0 Å². The van der Waals surface area contributed by atoms with Gasteiger partial charge in [0.2, 0.25) is 5.91 Å². The van der Waals surface area contributed by atoms with E-state index in [2.05, 4.69) is 22.3 Å². The number of methoxy groups -OCH3 is 1. The third kappa shape index (κ3) is 6.04. The average Bonchev–Trinajstić information content (AvgIpc) is 2.76. The Balaban J connectivity index is 1.65. The van der Waals surface area contributed by atoms with Crippen molar-refractivity contribution < 1.29 is 13.9 Å². The normalized spacial score (nSPS) is 16.8. The fraction of sp³-hybridized carbons (Fsp3) is 0.458. The van der Waals surface area contributed by atoms with Crippen LogP contribution in [0.15, 0.2) is 48.5 Å². The first-order chi connectivity index (χ1) is 14.1. The number of nitrogens with one attached hydrogen (secondary N) is 1. The zero-order chi connectivity index (χ0) is 20.6. The van der Waals surface area contributed by atoms with Crippen molar-refractivity contribution in [3.63, 3.8) is 0 Å². The van der Waals surface area contributed by atoms with Crippen molar-refractivity contribution in [1.29, 1.82) is 0 Å². The number of benzene rings is 2. The van der Waals surface area contributed by atoms with Crippen LogP contribution in [0, 0.1) is 11.7 Å². The minimum atomic E-state index is -0.256. The lowest BCUT2D eigenvalue weighted by atomic mass is 9.99. The third-order valence-corrected chi connectivity index (χ3v) is 5.68. The zero-order valence-corrected chi connectivity index (χ0v) is 17.4. The summed E-state index contributed by atoms with van der Waals surface area (Å²) < 4.78 is 18.5. The molecule has 1 heterocycles. The van der Waals surface area contributed by atoms with Gasteiger partial charge in [0.05, 0.1) is 13.2 Å². The van der Waals surface area contributed by atoms with E-state index >= 15 is 0 Å². The molecule has 1 fully saturated rings. The van der Waals surface area contributed by atoms with Gasteiger partial charge in [0.1, 0.15) is 11.6 Å². The molecule has 0 bridgehead atoms. The molecular formula is C24H31FN2O2. The smallest absolute Gasteiger partial charge is 0.223 e. The predicted molar refractivity (Wildman–Crippen MR) is 113 cm³/mol. The molecule has 0 saturated carbocycles. The summed E-state index contributed by atoms with van der Waals surface area (Å²) >= 11 is 0. The topological polar surface area (TPSA) is 41.6 Å². The highest BCUT2D eigenvalue weighted by molar-refractivity contribution is 5.78. The lowest BCUT2D eigenvalue weighted by molar-refractivity contribution is -0.124. The molecule has 1 amide bonds. The first-order valence-corrected chi connectivity index (χ1v) is 10.5. The van der Waals surface area contributed by atoms with Gasteiger partial charge in [-0.25, -0.2) is 4.39 Å². The van der Waals surface area contributed by atoms with E-state index < -0.39 is 0 Å². The Hall–Kier alpha value is -2.40. The highest BCUT2D eigenvalue weighted by Gasteiger charge is 2.24. The van der Waals surface area contributed by atoms with Crippen LogP contribution in [0.4, 0.5) is 4.39 Å². The fourth-order valence-corrected chi connectivity index (χ4v) is 3.97. The van der Waals surface area contributed by atoms with E-state index in [1.807, 2.05) is 19.1 Å². The van der Waals surface area contributed by atoms with E-state index in [9.17, 15) is 9.18 Å². The molecular weight excluding hydrogens is 367 g/mol. The number of hydrogen-bond acceptors (Lipinski definition) is 3. The molecule has 156 valence electrons. The number of carbonyl (C=O) groups is 1. The summed E-state index contributed by atoms with van der Waals surface area (Å²) in [7, 11) is 1.67. The zero-order valence-electron chi connectivity index (χ0n) is 17.4. The summed E-state index contributed by atoms with van der Waals surface area (Å²) in [5.74, 6) is 0.432. The molecule has 2 aromatic rings. The van der Waals surface area contributed by atoms with Crippen molar-refractivity contribution in [2.45, 2.75) is 38.6 Å². The maximum absolute atomic E-state index is 13.1. The highest BCUT2D eigenvalue weighted by Crippen LogP contribution is 2.27. The Kier molecular flexibility index (Phi) is 7.64. The lowest BCUT2D eigenvalue weighted by Crippen LogP contribution is -2.42. The molecule has 2 atom stereocenters. The summed E-state index contributed by atoms with van der Waals surface area (Å²) in [6.45, 7) is 4.58. The van der Waals surface area contributed by atoms with Crippen LogP contribution in [0.25, 0.3) is 0 Å². The minimum absolute atomic E-state index is 0.0271. The van der Waals surface area contributed by atoms with Crippen LogP contribution in [0.2, 0.25) is 0 Å². The SMILES string of the molecule is COc1cccc(C(CNC(=O)C(C)Cc2ccc(F)cc2)N2CCCCC2)c1. The average molecular weight is 399 g/mol. The van der Waals surface area contributed by atoms with E-state index in [1.54, 1.807) is 19.2 Å². The number of ether oxygens (including phenoxy) is 1. The van der Waals surface area contributed by atoms with Gasteiger partial charge in [-0.1, -0.05) is 37.6 Å². The van der Waals surface area contributed by atoms with Crippen molar-refractivity contribution in [1.82, 2.24) is 10.2 Å². The van der Waals surface area contributed by atoms with Crippen molar-refractivity contribution >= 4 is 5.91 Å². The molecule has 3 rings (SSSR count). The maximum atomic E-state index is 13.1. The van der Waals surface area contributed by atoms with Crippen LogP contribution in [0.1, 0.15) is 43.4 Å². The number of carbonyl (C=O) groups excluding carboxylic acids is 1. The molecule has 1 saturated heterocycles. The van der Waals surface area contributed by atoms with Gasteiger partial charge in [0.25, 0.3) is 0 Å². The molecule has 1 aliphatic rings. The Morgan fingerprint density at radius 1 is 1.14 bits per heavy atom. The Bertz CT molecular complexity index is 788. The summed E-state index contributed by atoms with van der Waals surface area (Å²) in [5.41, 5.74) is 2.13. The molecule has 4 nitrogen and oxygen atoms in total. The number of likely N-dealkylation sites (tertiary alicyclic amines) is 1. The van der Waals surface area contributed by atoms with Crippen molar-refractivity contribution in [3.05, 3.63) is 65.5 Å².